The van der Waals surface area contributed by atoms with Gasteiger partial charge in [-0.05, 0) is 48.7 Å². The molecule has 22 heavy (non-hydrogen) atoms. The second-order valence-electron chi connectivity index (χ2n) is 5.64. The number of nitrogens with one attached hydrogen (secondary N) is 2. The average Bonchev–Trinajstić information content (AvgIpc) is 3.09. The molecule has 3 aromatic rings. The average molecular weight is 293 g/mol. The Morgan fingerprint density at radius 1 is 1.18 bits per heavy atom. The molecule has 0 aliphatic heterocycles. The van der Waals surface area contributed by atoms with Crippen LogP contribution in [0.25, 0.3) is 34.7 Å². The largest absolute Gasteiger partial charge is 0.478 e. The summed E-state index contributed by atoms with van der Waals surface area (Å²) >= 11 is 0. The maximum atomic E-state index is 11.4. The van der Waals surface area contributed by atoms with Gasteiger partial charge in [-0.3, -0.25) is 0 Å². The second-order valence-corrected chi connectivity index (χ2v) is 5.64. The van der Waals surface area contributed by atoms with E-state index in [0.717, 1.165) is 35.0 Å². The molecule has 0 unspecified atom stereocenters. The van der Waals surface area contributed by atoms with Crippen LogP contribution in [0.2, 0.25) is 0 Å². The topological polar surface area (TPSA) is 81.8 Å². The fourth-order valence-electron chi connectivity index (χ4n) is 2.97. The molecule has 1 aromatic carbocycles. The number of aryl methyl sites for hydroxylation is 1. The second kappa shape index (κ2) is 4.59. The molecule has 0 saturated carbocycles. The lowest BCUT2D eigenvalue weighted by molar-refractivity contribution is 0.0698. The lowest BCUT2D eigenvalue weighted by atomic mass is 10.1. The van der Waals surface area contributed by atoms with Gasteiger partial charge in [0.1, 0.15) is 5.52 Å². The molecular formula is C17H15N3O2. The van der Waals surface area contributed by atoms with Crippen molar-refractivity contribution in [1.82, 2.24) is 15.0 Å². The quantitative estimate of drug-likeness (QED) is 0.675. The lowest BCUT2D eigenvalue weighted by Gasteiger charge is -1.97. The van der Waals surface area contributed by atoms with Gasteiger partial charge in [0.2, 0.25) is 0 Å². The van der Waals surface area contributed by atoms with Crippen LogP contribution < -0.4 is 10.6 Å². The number of nitrogens with zero attached hydrogens (tertiary/aromatic N) is 1. The first-order valence-corrected chi connectivity index (χ1v) is 7.25. The highest BCUT2D eigenvalue weighted by Crippen LogP contribution is 2.22. The number of carboxylic acid groups (broad SMARTS) is 1. The summed E-state index contributed by atoms with van der Waals surface area (Å²) in [4.78, 5) is 22.5. The molecule has 5 heteroatoms. The third-order valence-corrected chi connectivity index (χ3v) is 3.98. The van der Waals surface area contributed by atoms with Crippen molar-refractivity contribution in [2.75, 3.05) is 0 Å². The zero-order chi connectivity index (χ0) is 15.3. The van der Waals surface area contributed by atoms with Crippen LogP contribution in [0, 0.1) is 6.92 Å². The predicted molar refractivity (Wildman–Crippen MR) is 85.0 cm³/mol. The van der Waals surface area contributed by atoms with Crippen LogP contribution in [-0.4, -0.2) is 26.0 Å². The molecule has 4 rings (SSSR count). The summed E-state index contributed by atoms with van der Waals surface area (Å²) in [5, 5.41) is 11.6. The zero-order valence-corrected chi connectivity index (χ0v) is 12.1. The fourth-order valence-corrected chi connectivity index (χ4v) is 2.97. The molecule has 0 bridgehead atoms. The molecule has 1 aliphatic rings. The van der Waals surface area contributed by atoms with Crippen molar-refractivity contribution in [1.29, 1.82) is 0 Å². The number of carbonyl (C=O) groups is 1. The number of aromatic carboxylic acids is 1. The Bertz CT molecular complexity index is 991. The third kappa shape index (κ3) is 1.94. The molecule has 2 heterocycles. The van der Waals surface area contributed by atoms with E-state index in [9.17, 15) is 9.90 Å². The number of hydrogen-bond donors (Lipinski definition) is 3. The van der Waals surface area contributed by atoms with Gasteiger partial charge in [0.15, 0.2) is 5.82 Å². The SMILES string of the molecule is Cc1cc(C(=O)O)c2nc(-c3cc4c([nH]3)=CCCC=4)[nH]c2c1. The Morgan fingerprint density at radius 2 is 2.00 bits per heavy atom. The van der Waals surface area contributed by atoms with E-state index < -0.39 is 5.97 Å². The number of aromatic nitrogens is 3. The number of imidazole rings is 1. The van der Waals surface area contributed by atoms with Gasteiger partial charge in [-0.15, -0.1) is 0 Å². The van der Waals surface area contributed by atoms with E-state index in [-0.39, 0.29) is 5.56 Å². The number of carboxylic acids is 1. The number of H-pyrrole nitrogens is 2. The van der Waals surface area contributed by atoms with Gasteiger partial charge in [-0.1, -0.05) is 12.2 Å². The standard InChI is InChI=1S/C17H15N3O2/c1-9-6-11(17(21)22)15-13(7-9)19-16(20-15)14-8-10-4-2-3-5-12(10)18-14/h4-8,18H,2-3H2,1H3,(H,19,20)(H,21,22). The predicted octanol–water partition coefficient (Wildman–Crippen LogP) is 1.92. The first kappa shape index (κ1) is 12.9. The third-order valence-electron chi connectivity index (χ3n) is 3.98. The van der Waals surface area contributed by atoms with Crippen LogP contribution in [-0.2, 0) is 0 Å². The van der Waals surface area contributed by atoms with E-state index >= 15 is 0 Å². The Hall–Kier alpha value is -2.82. The van der Waals surface area contributed by atoms with Crippen LogP contribution >= 0.6 is 0 Å². The van der Waals surface area contributed by atoms with Crippen molar-refractivity contribution < 1.29 is 9.90 Å². The number of aromatic amines is 2. The Balaban J connectivity index is 1.95. The summed E-state index contributed by atoms with van der Waals surface area (Å²) < 4.78 is 0. The van der Waals surface area contributed by atoms with Crippen molar-refractivity contribution in [3.8, 4) is 11.5 Å². The maximum Gasteiger partial charge on any atom is 0.337 e. The lowest BCUT2D eigenvalue weighted by Crippen LogP contribution is -2.23. The van der Waals surface area contributed by atoms with Crippen LogP contribution in [0.4, 0.5) is 0 Å². The fraction of sp³-hybridized carbons (Fsp3) is 0.176. The van der Waals surface area contributed by atoms with Crippen LogP contribution in [0.5, 0.6) is 0 Å². The molecular weight excluding hydrogens is 278 g/mol. The first-order chi connectivity index (χ1) is 10.6. The van der Waals surface area contributed by atoms with E-state index in [0.29, 0.717) is 11.3 Å². The van der Waals surface area contributed by atoms with E-state index in [4.69, 9.17) is 0 Å². The van der Waals surface area contributed by atoms with Gasteiger partial charge in [0.05, 0.1) is 16.8 Å². The normalized spacial score (nSPS) is 13.5. The Morgan fingerprint density at radius 3 is 2.77 bits per heavy atom. The van der Waals surface area contributed by atoms with Gasteiger partial charge in [0, 0.05) is 5.35 Å². The van der Waals surface area contributed by atoms with Crippen molar-refractivity contribution in [3.05, 3.63) is 39.9 Å². The van der Waals surface area contributed by atoms with E-state index in [2.05, 4.69) is 33.2 Å². The number of fused-ring (bicyclic) bond motifs is 2. The first-order valence-electron chi connectivity index (χ1n) is 7.25. The van der Waals surface area contributed by atoms with Crippen molar-refractivity contribution in [2.24, 2.45) is 0 Å². The minimum atomic E-state index is -0.959. The molecule has 1 aliphatic carbocycles. The summed E-state index contributed by atoms with van der Waals surface area (Å²) in [7, 11) is 0. The maximum absolute atomic E-state index is 11.4. The molecule has 0 spiro atoms. The van der Waals surface area contributed by atoms with E-state index in [1.165, 1.54) is 5.22 Å². The smallest absolute Gasteiger partial charge is 0.337 e. The minimum absolute atomic E-state index is 0.229. The number of benzene rings is 1. The zero-order valence-electron chi connectivity index (χ0n) is 12.1. The van der Waals surface area contributed by atoms with Crippen LogP contribution in [0.3, 0.4) is 0 Å². The number of hydrogen-bond acceptors (Lipinski definition) is 2. The van der Waals surface area contributed by atoms with E-state index in [1.54, 1.807) is 6.07 Å². The highest BCUT2D eigenvalue weighted by molar-refractivity contribution is 6.02. The summed E-state index contributed by atoms with van der Waals surface area (Å²) in [5.74, 6) is -0.293. The van der Waals surface area contributed by atoms with Gasteiger partial charge in [-0.2, -0.15) is 0 Å². The molecule has 110 valence electrons. The summed E-state index contributed by atoms with van der Waals surface area (Å²) in [6, 6.07) is 5.62. The Kier molecular flexibility index (Phi) is 2.69. The van der Waals surface area contributed by atoms with Gasteiger partial charge in [-0.25, -0.2) is 9.78 Å². The minimum Gasteiger partial charge on any atom is -0.478 e. The molecule has 0 saturated heterocycles. The van der Waals surface area contributed by atoms with Crippen molar-refractivity contribution in [2.45, 2.75) is 19.8 Å². The molecule has 0 atom stereocenters. The highest BCUT2D eigenvalue weighted by atomic mass is 16.4. The molecule has 2 aromatic heterocycles. The summed E-state index contributed by atoms with van der Waals surface area (Å²) in [5.41, 5.74) is 3.24. The molecule has 0 amide bonds. The number of rotatable bonds is 2. The molecule has 5 nitrogen and oxygen atoms in total. The van der Waals surface area contributed by atoms with Gasteiger partial charge >= 0.3 is 5.97 Å². The Labute approximate surface area is 126 Å². The molecule has 0 fully saturated rings. The monoisotopic (exact) mass is 293 g/mol. The van der Waals surface area contributed by atoms with Crippen LogP contribution in [0.1, 0.15) is 28.8 Å². The van der Waals surface area contributed by atoms with Crippen molar-refractivity contribution in [3.63, 3.8) is 0 Å². The molecule has 0 radical (unpaired) electrons. The highest BCUT2D eigenvalue weighted by Gasteiger charge is 2.15. The van der Waals surface area contributed by atoms with Crippen molar-refractivity contribution >= 4 is 29.2 Å². The van der Waals surface area contributed by atoms with Gasteiger partial charge < -0.3 is 15.1 Å². The summed E-state index contributed by atoms with van der Waals surface area (Å²) in [6.45, 7) is 1.88. The van der Waals surface area contributed by atoms with Crippen LogP contribution in [0.15, 0.2) is 18.2 Å². The van der Waals surface area contributed by atoms with Gasteiger partial charge in [0.25, 0.3) is 0 Å². The summed E-state index contributed by atoms with van der Waals surface area (Å²) in [6.07, 6.45) is 6.46. The molecule has 3 N–H and O–H groups in total. The van der Waals surface area contributed by atoms with E-state index in [1.807, 2.05) is 13.0 Å².